The Bertz CT molecular complexity index is 399. The molecule has 0 heterocycles. The molecule has 0 aromatic heterocycles. The van der Waals surface area contributed by atoms with E-state index in [2.05, 4.69) is 4.74 Å². The third-order valence-corrected chi connectivity index (χ3v) is 2.03. The van der Waals surface area contributed by atoms with Gasteiger partial charge in [-0.2, -0.15) is 0 Å². The summed E-state index contributed by atoms with van der Waals surface area (Å²) in [5.74, 6) is -1.55. The normalized spacial score (nSPS) is 9.80. The lowest BCUT2D eigenvalue weighted by Crippen LogP contribution is -2.10. The largest absolute Gasteiger partial charge is 0.469 e. The number of carbonyl (C=O) groups is 2. The van der Waals surface area contributed by atoms with Crippen LogP contribution in [0.5, 0.6) is 0 Å². The zero-order valence-corrected chi connectivity index (χ0v) is 8.54. The number of ketones is 1. The topological polar surface area (TPSA) is 43.4 Å². The number of methoxy groups -OCH3 is 1. The number of hydrogen-bond donors (Lipinski definition) is 0. The van der Waals surface area contributed by atoms with Crippen LogP contribution < -0.4 is 0 Å². The van der Waals surface area contributed by atoms with E-state index in [4.69, 9.17) is 0 Å². The maximum Gasteiger partial charge on any atom is 0.313 e. The van der Waals surface area contributed by atoms with Crippen molar-refractivity contribution in [2.45, 2.75) is 13.3 Å². The number of Topliss-reactive ketones (excluding diaryl/α,β-unsaturated/α-hetero) is 1. The molecule has 0 saturated carbocycles. The molecule has 0 N–H and O–H groups in total. The standard InChI is InChI=1S/C11H11FO3/c1-7-3-4-8(12)5-9(7)10(13)6-11(14)15-2/h3-5H,6H2,1-2H3. The molecular formula is C11H11FO3. The van der Waals surface area contributed by atoms with Gasteiger partial charge in [0.05, 0.1) is 7.11 Å². The van der Waals surface area contributed by atoms with Crippen molar-refractivity contribution in [2.24, 2.45) is 0 Å². The van der Waals surface area contributed by atoms with Crippen LogP contribution in [0.15, 0.2) is 18.2 Å². The van der Waals surface area contributed by atoms with Gasteiger partial charge in [0.2, 0.25) is 0 Å². The second-order valence-electron chi connectivity index (χ2n) is 3.14. The fraction of sp³-hybridized carbons (Fsp3) is 0.273. The van der Waals surface area contributed by atoms with Gasteiger partial charge < -0.3 is 4.74 Å². The first-order chi connectivity index (χ1) is 7.04. The van der Waals surface area contributed by atoms with Gasteiger partial charge in [0.15, 0.2) is 5.78 Å². The quantitative estimate of drug-likeness (QED) is 0.434. The maximum absolute atomic E-state index is 12.9. The molecule has 1 rings (SSSR count). The van der Waals surface area contributed by atoms with E-state index in [-0.39, 0.29) is 12.0 Å². The van der Waals surface area contributed by atoms with Gasteiger partial charge in [0, 0.05) is 5.56 Å². The molecule has 4 heteroatoms. The van der Waals surface area contributed by atoms with Crippen LogP contribution in [-0.2, 0) is 9.53 Å². The Kier molecular flexibility index (Phi) is 3.55. The third kappa shape index (κ3) is 2.87. The highest BCUT2D eigenvalue weighted by Gasteiger charge is 2.14. The number of aryl methyl sites for hydroxylation is 1. The van der Waals surface area contributed by atoms with E-state index in [1.54, 1.807) is 6.92 Å². The van der Waals surface area contributed by atoms with E-state index >= 15 is 0 Å². The fourth-order valence-corrected chi connectivity index (χ4v) is 1.19. The summed E-state index contributed by atoms with van der Waals surface area (Å²) in [5, 5.41) is 0. The van der Waals surface area contributed by atoms with Crippen molar-refractivity contribution in [3.05, 3.63) is 35.1 Å². The minimum Gasteiger partial charge on any atom is -0.469 e. The lowest BCUT2D eigenvalue weighted by atomic mass is 10.0. The van der Waals surface area contributed by atoms with Gasteiger partial charge >= 0.3 is 5.97 Å². The molecule has 0 aliphatic carbocycles. The molecule has 0 fully saturated rings. The molecule has 0 bridgehead atoms. The number of ether oxygens (including phenoxy) is 1. The average molecular weight is 210 g/mol. The van der Waals surface area contributed by atoms with Crippen molar-refractivity contribution in [1.29, 1.82) is 0 Å². The van der Waals surface area contributed by atoms with Crippen molar-refractivity contribution in [2.75, 3.05) is 7.11 Å². The van der Waals surface area contributed by atoms with E-state index < -0.39 is 17.6 Å². The van der Waals surface area contributed by atoms with Crippen LogP contribution in [0.1, 0.15) is 22.3 Å². The van der Waals surface area contributed by atoms with Crippen molar-refractivity contribution in [1.82, 2.24) is 0 Å². The lowest BCUT2D eigenvalue weighted by molar-refractivity contribution is -0.139. The molecule has 0 aliphatic heterocycles. The zero-order chi connectivity index (χ0) is 11.4. The Morgan fingerprint density at radius 3 is 2.67 bits per heavy atom. The SMILES string of the molecule is COC(=O)CC(=O)c1cc(F)ccc1C. The molecule has 0 saturated heterocycles. The lowest BCUT2D eigenvalue weighted by Gasteiger charge is -2.03. The Balaban J connectivity index is 2.91. The number of halogens is 1. The highest BCUT2D eigenvalue weighted by atomic mass is 19.1. The second-order valence-corrected chi connectivity index (χ2v) is 3.14. The van der Waals surface area contributed by atoms with Crippen molar-refractivity contribution in [3.8, 4) is 0 Å². The number of carbonyl (C=O) groups excluding carboxylic acids is 2. The predicted molar refractivity (Wildman–Crippen MR) is 52.1 cm³/mol. The van der Waals surface area contributed by atoms with Crippen molar-refractivity contribution in [3.63, 3.8) is 0 Å². The summed E-state index contributed by atoms with van der Waals surface area (Å²) in [6.45, 7) is 1.68. The molecule has 0 unspecified atom stereocenters. The van der Waals surface area contributed by atoms with Crippen LogP contribution in [-0.4, -0.2) is 18.9 Å². The third-order valence-electron chi connectivity index (χ3n) is 2.03. The summed E-state index contributed by atoms with van der Waals surface area (Å²) in [6, 6.07) is 3.89. The fourth-order valence-electron chi connectivity index (χ4n) is 1.19. The molecule has 0 aliphatic rings. The maximum atomic E-state index is 12.9. The van der Waals surface area contributed by atoms with Gasteiger partial charge in [-0.15, -0.1) is 0 Å². The van der Waals surface area contributed by atoms with Crippen LogP contribution >= 0.6 is 0 Å². The minimum atomic E-state index is -0.622. The molecule has 0 atom stereocenters. The molecular weight excluding hydrogens is 199 g/mol. The van der Waals surface area contributed by atoms with E-state index in [0.717, 1.165) is 6.07 Å². The van der Waals surface area contributed by atoms with Crippen molar-refractivity contribution < 1.29 is 18.7 Å². The molecule has 0 amide bonds. The van der Waals surface area contributed by atoms with Crippen molar-refractivity contribution >= 4 is 11.8 Å². The Labute approximate surface area is 86.9 Å². The highest BCUT2D eigenvalue weighted by molar-refractivity contribution is 6.06. The Morgan fingerprint density at radius 2 is 2.07 bits per heavy atom. The molecule has 1 aromatic carbocycles. The Hall–Kier alpha value is -1.71. The summed E-state index contributed by atoms with van der Waals surface area (Å²) < 4.78 is 17.2. The first kappa shape index (κ1) is 11.4. The highest BCUT2D eigenvalue weighted by Crippen LogP contribution is 2.12. The first-order valence-electron chi connectivity index (χ1n) is 4.40. The number of esters is 1. The van der Waals surface area contributed by atoms with Crippen LogP contribution in [0, 0.1) is 12.7 Å². The van der Waals surface area contributed by atoms with Gasteiger partial charge in [-0.3, -0.25) is 9.59 Å². The number of hydrogen-bond acceptors (Lipinski definition) is 3. The van der Waals surface area contributed by atoms with E-state index in [1.165, 1.54) is 19.2 Å². The summed E-state index contributed by atoms with van der Waals surface area (Å²) >= 11 is 0. The van der Waals surface area contributed by atoms with Gasteiger partial charge in [-0.05, 0) is 24.6 Å². The molecule has 15 heavy (non-hydrogen) atoms. The molecule has 0 radical (unpaired) electrons. The van der Waals surface area contributed by atoms with Crippen LogP contribution in [0.25, 0.3) is 0 Å². The summed E-state index contributed by atoms with van der Waals surface area (Å²) in [7, 11) is 1.20. The van der Waals surface area contributed by atoms with Gasteiger partial charge in [-0.1, -0.05) is 6.07 Å². The summed E-state index contributed by atoms with van der Waals surface area (Å²) in [5.41, 5.74) is 0.866. The smallest absolute Gasteiger partial charge is 0.313 e. The Morgan fingerprint density at radius 1 is 1.40 bits per heavy atom. The van der Waals surface area contributed by atoms with E-state index in [0.29, 0.717) is 5.56 Å². The monoisotopic (exact) mass is 210 g/mol. The molecule has 3 nitrogen and oxygen atoms in total. The van der Waals surface area contributed by atoms with Crippen LogP contribution in [0.4, 0.5) is 4.39 Å². The number of benzene rings is 1. The van der Waals surface area contributed by atoms with Crippen LogP contribution in [0.3, 0.4) is 0 Å². The van der Waals surface area contributed by atoms with E-state index in [1.807, 2.05) is 0 Å². The second kappa shape index (κ2) is 4.68. The molecule has 80 valence electrons. The summed E-state index contributed by atoms with van der Waals surface area (Å²) in [6.07, 6.45) is -0.360. The molecule has 1 aromatic rings. The minimum absolute atomic E-state index is 0.223. The van der Waals surface area contributed by atoms with Gasteiger partial charge in [-0.25, -0.2) is 4.39 Å². The predicted octanol–water partition coefficient (Wildman–Crippen LogP) is 1.88. The zero-order valence-electron chi connectivity index (χ0n) is 8.54. The first-order valence-corrected chi connectivity index (χ1v) is 4.40. The van der Waals surface area contributed by atoms with Crippen LogP contribution in [0.2, 0.25) is 0 Å². The average Bonchev–Trinajstić information content (AvgIpc) is 2.21. The number of rotatable bonds is 3. The van der Waals surface area contributed by atoms with E-state index in [9.17, 15) is 14.0 Å². The molecule has 0 spiro atoms. The summed E-state index contributed by atoms with van der Waals surface area (Å²) in [4.78, 5) is 22.4. The van der Waals surface area contributed by atoms with Gasteiger partial charge in [0.25, 0.3) is 0 Å². The van der Waals surface area contributed by atoms with Gasteiger partial charge in [0.1, 0.15) is 12.2 Å².